The zero-order valence-corrected chi connectivity index (χ0v) is 13.3. The minimum Gasteiger partial charge on any atom is -0.481 e. The van der Waals surface area contributed by atoms with E-state index in [1.54, 1.807) is 0 Å². The van der Waals surface area contributed by atoms with Gasteiger partial charge in [0.25, 0.3) is 0 Å². The summed E-state index contributed by atoms with van der Waals surface area (Å²) in [6.45, 7) is 3.95. The van der Waals surface area contributed by atoms with E-state index in [0.29, 0.717) is 12.8 Å². The van der Waals surface area contributed by atoms with Gasteiger partial charge in [-0.3, -0.25) is 9.59 Å². The lowest BCUT2D eigenvalue weighted by Crippen LogP contribution is -2.15. The van der Waals surface area contributed by atoms with Crippen molar-refractivity contribution in [2.75, 3.05) is 5.32 Å². The van der Waals surface area contributed by atoms with Gasteiger partial charge < -0.3 is 15.4 Å². The molecule has 1 aromatic heterocycles. The normalized spacial score (nSPS) is 16.3. The van der Waals surface area contributed by atoms with Crippen LogP contribution in [0.3, 0.4) is 0 Å². The van der Waals surface area contributed by atoms with Crippen LogP contribution in [0.1, 0.15) is 40.4 Å². The van der Waals surface area contributed by atoms with E-state index < -0.39 is 5.97 Å². The second-order valence-corrected chi connectivity index (χ2v) is 6.06. The number of carbonyl (C=O) groups excluding carboxylic acids is 1. The maximum atomic E-state index is 12.3. The van der Waals surface area contributed by atoms with E-state index in [2.05, 4.69) is 10.3 Å². The third-order valence-electron chi connectivity index (χ3n) is 4.60. The third kappa shape index (κ3) is 2.86. The number of aromatic amines is 1. The molecule has 3 rings (SSSR count). The Kier molecular flexibility index (Phi) is 3.94. The highest BCUT2D eigenvalue weighted by Gasteiger charge is 2.31. The SMILES string of the molecule is Cc1[nH]c(CC2C(=O)Nc3ccccc32)c(C)c1CCC(=O)O. The number of aryl methyl sites for hydroxylation is 1. The lowest BCUT2D eigenvalue weighted by Gasteiger charge is -2.09. The molecule has 0 bridgehead atoms. The molecule has 1 unspecified atom stereocenters. The number of carboxylic acids is 1. The maximum Gasteiger partial charge on any atom is 0.303 e. The molecule has 120 valence electrons. The Labute approximate surface area is 134 Å². The van der Waals surface area contributed by atoms with Gasteiger partial charge in [0.15, 0.2) is 0 Å². The number of nitrogens with one attached hydrogen (secondary N) is 2. The molecular weight excluding hydrogens is 292 g/mol. The topological polar surface area (TPSA) is 82.2 Å². The van der Waals surface area contributed by atoms with Crippen LogP contribution in [-0.2, 0) is 22.4 Å². The van der Waals surface area contributed by atoms with Gasteiger partial charge in [-0.1, -0.05) is 18.2 Å². The van der Waals surface area contributed by atoms with Gasteiger partial charge in [-0.15, -0.1) is 0 Å². The number of benzene rings is 1. The van der Waals surface area contributed by atoms with Crippen LogP contribution in [0.5, 0.6) is 0 Å². The Balaban J connectivity index is 1.85. The molecule has 0 saturated carbocycles. The van der Waals surface area contributed by atoms with Gasteiger partial charge in [0.2, 0.25) is 5.91 Å². The Bertz CT molecular complexity index is 777. The molecule has 5 nitrogen and oxygen atoms in total. The van der Waals surface area contributed by atoms with Gasteiger partial charge in [0.1, 0.15) is 0 Å². The van der Waals surface area contributed by atoms with Gasteiger partial charge in [-0.2, -0.15) is 0 Å². The van der Waals surface area contributed by atoms with E-state index in [1.165, 1.54) is 0 Å². The van der Waals surface area contributed by atoms with Crippen LogP contribution in [0.25, 0.3) is 0 Å². The maximum absolute atomic E-state index is 12.3. The summed E-state index contributed by atoms with van der Waals surface area (Å²) in [4.78, 5) is 26.4. The van der Waals surface area contributed by atoms with Crippen molar-refractivity contribution in [3.8, 4) is 0 Å². The Morgan fingerprint density at radius 1 is 1.26 bits per heavy atom. The molecule has 0 saturated heterocycles. The van der Waals surface area contributed by atoms with E-state index in [9.17, 15) is 9.59 Å². The number of carboxylic acid groups (broad SMARTS) is 1. The summed E-state index contributed by atoms with van der Waals surface area (Å²) < 4.78 is 0. The molecule has 1 aromatic carbocycles. The van der Waals surface area contributed by atoms with Crippen molar-refractivity contribution in [1.82, 2.24) is 4.98 Å². The van der Waals surface area contributed by atoms with Crippen molar-refractivity contribution in [2.45, 2.75) is 39.0 Å². The molecule has 0 spiro atoms. The lowest BCUT2D eigenvalue weighted by atomic mass is 9.93. The highest BCUT2D eigenvalue weighted by atomic mass is 16.4. The molecule has 1 amide bonds. The standard InChI is InChI=1S/C18H20N2O3/c1-10-12(7-8-17(21)22)11(2)19-16(10)9-14-13-5-3-4-6-15(13)20-18(14)23/h3-6,14,19H,7-9H2,1-2H3,(H,20,23)(H,21,22). The summed E-state index contributed by atoms with van der Waals surface area (Å²) in [6, 6.07) is 7.75. The number of aromatic nitrogens is 1. The second kappa shape index (κ2) is 5.91. The van der Waals surface area contributed by atoms with Crippen LogP contribution in [0.2, 0.25) is 0 Å². The summed E-state index contributed by atoms with van der Waals surface area (Å²) in [5, 5.41) is 11.8. The summed E-state index contributed by atoms with van der Waals surface area (Å²) in [5.41, 5.74) is 6.03. The lowest BCUT2D eigenvalue weighted by molar-refractivity contribution is -0.137. The van der Waals surface area contributed by atoms with Crippen molar-refractivity contribution in [1.29, 1.82) is 0 Å². The zero-order chi connectivity index (χ0) is 16.6. The first-order chi connectivity index (χ1) is 11.0. The highest BCUT2D eigenvalue weighted by molar-refractivity contribution is 6.03. The number of H-pyrrole nitrogens is 1. The quantitative estimate of drug-likeness (QED) is 0.794. The van der Waals surface area contributed by atoms with Crippen LogP contribution in [0, 0.1) is 13.8 Å². The number of anilines is 1. The molecule has 23 heavy (non-hydrogen) atoms. The average Bonchev–Trinajstić information content (AvgIpc) is 2.95. The summed E-state index contributed by atoms with van der Waals surface area (Å²) >= 11 is 0. The number of hydrogen-bond acceptors (Lipinski definition) is 2. The van der Waals surface area contributed by atoms with Crippen LogP contribution in [0.4, 0.5) is 5.69 Å². The Hall–Kier alpha value is -2.56. The summed E-state index contributed by atoms with van der Waals surface area (Å²) in [6.07, 6.45) is 1.23. The van der Waals surface area contributed by atoms with Gasteiger partial charge in [0.05, 0.1) is 5.92 Å². The van der Waals surface area contributed by atoms with E-state index in [4.69, 9.17) is 5.11 Å². The molecule has 5 heteroatoms. The van der Waals surface area contributed by atoms with Gasteiger partial charge >= 0.3 is 5.97 Å². The minimum absolute atomic E-state index is 0.0185. The summed E-state index contributed by atoms with van der Waals surface area (Å²) in [7, 11) is 0. The molecular formula is C18H20N2O3. The second-order valence-electron chi connectivity index (χ2n) is 6.06. The van der Waals surface area contributed by atoms with Crippen molar-refractivity contribution < 1.29 is 14.7 Å². The largest absolute Gasteiger partial charge is 0.481 e. The first-order valence-electron chi connectivity index (χ1n) is 7.76. The molecule has 0 radical (unpaired) electrons. The van der Waals surface area contributed by atoms with E-state index in [0.717, 1.165) is 33.8 Å². The number of carbonyl (C=O) groups is 2. The molecule has 0 aliphatic carbocycles. The fourth-order valence-electron chi connectivity index (χ4n) is 3.35. The van der Waals surface area contributed by atoms with Crippen molar-refractivity contribution in [3.05, 3.63) is 52.3 Å². The van der Waals surface area contributed by atoms with Gasteiger partial charge in [-0.25, -0.2) is 0 Å². The predicted octanol–water partition coefficient (Wildman–Crippen LogP) is 2.93. The first kappa shape index (κ1) is 15.3. The predicted molar refractivity (Wildman–Crippen MR) is 87.7 cm³/mol. The number of fused-ring (bicyclic) bond motifs is 1. The van der Waals surface area contributed by atoms with Gasteiger partial charge in [0, 0.05) is 29.9 Å². The zero-order valence-electron chi connectivity index (χ0n) is 13.3. The van der Waals surface area contributed by atoms with Crippen LogP contribution in [-0.4, -0.2) is 22.0 Å². The molecule has 1 atom stereocenters. The highest BCUT2D eigenvalue weighted by Crippen LogP contribution is 2.35. The number of para-hydroxylation sites is 1. The monoisotopic (exact) mass is 312 g/mol. The van der Waals surface area contributed by atoms with Crippen molar-refractivity contribution >= 4 is 17.6 Å². The molecule has 1 aliphatic rings. The smallest absolute Gasteiger partial charge is 0.303 e. The Morgan fingerprint density at radius 3 is 2.74 bits per heavy atom. The van der Waals surface area contributed by atoms with Crippen molar-refractivity contribution in [3.63, 3.8) is 0 Å². The van der Waals surface area contributed by atoms with Crippen molar-refractivity contribution in [2.24, 2.45) is 0 Å². The molecule has 1 aliphatic heterocycles. The average molecular weight is 312 g/mol. The first-order valence-corrected chi connectivity index (χ1v) is 7.76. The van der Waals surface area contributed by atoms with E-state index in [-0.39, 0.29) is 18.2 Å². The number of hydrogen-bond donors (Lipinski definition) is 3. The molecule has 2 aromatic rings. The molecule has 2 heterocycles. The van der Waals surface area contributed by atoms with Crippen LogP contribution < -0.4 is 5.32 Å². The fourth-order valence-corrected chi connectivity index (χ4v) is 3.35. The van der Waals surface area contributed by atoms with Crippen LogP contribution in [0.15, 0.2) is 24.3 Å². The van der Waals surface area contributed by atoms with Gasteiger partial charge in [-0.05, 0) is 43.0 Å². The number of rotatable bonds is 5. The fraction of sp³-hybridized carbons (Fsp3) is 0.333. The van der Waals surface area contributed by atoms with Crippen LogP contribution >= 0.6 is 0 Å². The third-order valence-corrected chi connectivity index (χ3v) is 4.60. The van der Waals surface area contributed by atoms with E-state index >= 15 is 0 Å². The number of amides is 1. The van der Waals surface area contributed by atoms with E-state index in [1.807, 2.05) is 38.1 Å². The molecule has 3 N–H and O–H groups in total. The molecule has 0 fully saturated rings. The Morgan fingerprint density at radius 2 is 2.00 bits per heavy atom. The summed E-state index contributed by atoms with van der Waals surface area (Å²) in [5.74, 6) is -0.976. The number of aliphatic carboxylic acids is 1. The minimum atomic E-state index is -0.796.